The monoisotopic (exact) mass is 457 g/mol. The first kappa shape index (κ1) is 16.9. The van der Waals surface area contributed by atoms with Crippen LogP contribution in [0.1, 0.15) is 22.1 Å². The van der Waals surface area contributed by atoms with Gasteiger partial charge in [-0.25, -0.2) is 0 Å². The minimum absolute atomic E-state index is 0.0528. The largest absolute Gasteiger partial charge is 0.347 e. The molecule has 1 N–H and O–H groups in total. The quantitative estimate of drug-likeness (QED) is 0.575. The molecule has 0 aliphatic heterocycles. The Morgan fingerprint density at radius 3 is 2.83 bits per heavy atom. The molecule has 0 radical (unpaired) electrons. The summed E-state index contributed by atoms with van der Waals surface area (Å²) in [5, 5.41) is 11.4. The molecule has 0 saturated carbocycles. The molecule has 24 heavy (non-hydrogen) atoms. The summed E-state index contributed by atoms with van der Waals surface area (Å²) in [5.41, 5.74) is 1.08. The standard InChI is InChI=1S/C15H13ClIN5O2/c16-11-3-1-10(2-4-11)5-6-18-14(23)15-20-13(21-24-15)9-22-8-12(17)7-19-22/h1-4,7-8H,5-6,9H2,(H,18,23). The van der Waals surface area contributed by atoms with Gasteiger partial charge in [0.05, 0.1) is 9.77 Å². The third-order valence-electron chi connectivity index (χ3n) is 3.18. The molecule has 2 heterocycles. The number of halogens is 2. The highest BCUT2D eigenvalue weighted by Crippen LogP contribution is 2.09. The van der Waals surface area contributed by atoms with E-state index < -0.39 is 5.91 Å². The fourth-order valence-electron chi connectivity index (χ4n) is 2.03. The summed E-state index contributed by atoms with van der Waals surface area (Å²) in [7, 11) is 0. The molecule has 0 unspecified atom stereocenters. The van der Waals surface area contributed by atoms with E-state index in [0.717, 1.165) is 9.13 Å². The predicted molar refractivity (Wildman–Crippen MR) is 95.8 cm³/mol. The zero-order chi connectivity index (χ0) is 16.9. The zero-order valence-electron chi connectivity index (χ0n) is 12.4. The van der Waals surface area contributed by atoms with Crippen LogP contribution in [0.5, 0.6) is 0 Å². The summed E-state index contributed by atoms with van der Waals surface area (Å²) < 4.78 is 7.68. The predicted octanol–water partition coefficient (Wildman–Crippen LogP) is 2.54. The molecule has 1 aromatic carbocycles. The number of carbonyl (C=O) groups excluding carboxylic acids is 1. The van der Waals surface area contributed by atoms with Crippen LogP contribution in [0.15, 0.2) is 41.2 Å². The van der Waals surface area contributed by atoms with E-state index in [1.165, 1.54) is 0 Å². The Kier molecular flexibility index (Phi) is 5.46. The molecule has 0 aliphatic rings. The molecular weight excluding hydrogens is 445 g/mol. The van der Waals surface area contributed by atoms with Crippen molar-refractivity contribution < 1.29 is 9.32 Å². The van der Waals surface area contributed by atoms with Gasteiger partial charge in [-0.15, -0.1) is 0 Å². The van der Waals surface area contributed by atoms with Gasteiger partial charge in [0.2, 0.25) is 0 Å². The van der Waals surface area contributed by atoms with Gasteiger partial charge in [0, 0.05) is 17.8 Å². The second kappa shape index (κ2) is 7.75. The van der Waals surface area contributed by atoms with Crippen LogP contribution in [-0.4, -0.2) is 32.4 Å². The van der Waals surface area contributed by atoms with Crippen LogP contribution < -0.4 is 5.32 Å². The summed E-state index contributed by atoms with van der Waals surface area (Å²) in [4.78, 5) is 16.1. The van der Waals surface area contributed by atoms with Gasteiger partial charge in [-0.1, -0.05) is 28.9 Å². The average Bonchev–Trinajstić information content (AvgIpc) is 3.19. The van der Waals surface area contributed by atoms with Crippen LogP contribution in [0.4, 0.5) is 0 Å². The van der Waals surface area contributed by atoms with Crippen LogP contribution >= 0.6 is 34.2 Å². The van der Waals surface area contributed by atoms with Gasteiger partial charge < -0.3 is 9.84 Å². The summed E-state index contributed by atoms with van der Waals surface area (Å²) in [5.74, 6) is -0.0435. The Labute approximate surface area is 156 Å². The third-order valence-corrected chi connectivity index (χ3v) is 3.99. The lowest BCUT2D eigenvalue weighted by molar-refractivity contribution is 0.0910. The highest BCUT2D eigenvalue weighted by atomic mass is 127. The second-order valence-electron chi connectivity index (χ2n) is 5.00. The maximum atomic E-state index is 12.0. The van der Waals surface area contributed by atoms with Crippen LogP contribution in [-0.2, 0) is 13.0 Å². The maximum absolute atomic E-state index is 12.0. The fourth-order valence-corrected chi connectivity index (χ4v) is 2.60. The van der Waals surface area contributed by atoms with Gasteiger partial charge in [0.15, 0.2) is 5.82 Å². The lowest BCUT2D eigenvalue weighted by Crippen LogP contribution is -2.26. The van der Waals surface area contributed by atoms with Crippen molar-refractivity contribution in [2.45, 2.75) is 13.0 Å². The van der Waals surface area contributed by atoms with Gasteiger partial charge in [-0.2, -0.15) is 10.1 Å². The van der Waals surface area contributed by atoms with Crippen molar-refractivity contribution in [3.63, 3.8) is 0 Å². The Hall–Kier alpha value is -1.94. The number of hydrogen-bond donors (Lipinski definition) is 1. The fraction of sp³-hybridized carbons (Fsp3) is 0.200. The van der Waals surface area contributed by atoms with Gasteiger partial charge in [0.1, 0.15) is 6.54 Å². The smallest absolute Gasteiger partial charge is 0.316 e. The van der Waals surface area contributed by atoms with Crippen LogP contribution in [0.3, 0.4) is 0 Å². The number of carbonyl (C=O) groups is 1. The molecule has 9 heteroatoms. The number of nitrogens with zero attached hydrogens (tertiary/aromatic N) is 4. The molecule has 2 aromatic heterocycles. The number of aromatic nitrogens is 4. The molecular formula is C15H13ClIN5O2. The lowest BCUT2D eigenvalue weighted by atomic mass is 10.1. The summed E-state index contributed by atoms with van der Waals surface area (Å²) in [6, 6.07) is 7.48. The first-order valence-corrected chi connectivity index (χ1v) is 8.59. The number of nitrogens with one attached hydrogen (secondary N) is 1. The van der Waals surface area contributed by atoms with Crippen LogP contribution in [0.2, 0.25) is 5.02 Å². The number of hydrogen-bond acceptors (Lipinski definition) is 5. The Morgan fingerprint density at radius 1 is 1.33 bits per heavy atom. The van der Waals surface area contributed by atoms with Crippen molar-refractivity contribution in [3.05, 3.63) is 62.5 Å². The molecule has 0 spiro atoms. The van der Waals surface area contributed by atoms with Crippen molar-refractivity contribution in [1.29, 1.82) is 0 Å². The van der Waals surface area contributed by atoms with E-state index in [9.17, 15) is 4.79 Å². The van der Waals surface area contributed by atoms with E-state index in [1.54, 1.807) is 10.9 Å². The van der Waals surface area contributed by atoms with Crippen LogP contribution in [0.25, 0.3) is 0 Å². The van der Waals surface area contributed by atoms with E-state index in [2.05, 4.69) is 43.1 Å². The molecule has 124 valence electrons. The molecule has 0 aliphatic carbocycles. The molecule has 7 nitrogen and oxygen atoms in total. The highest BCUT2D eigenvalue weighted by molar-refractivity contribution is 14.1. The minimum Gasteiger partial charge on any atom is -0.347 e. The van der Waals surface area contributed by atoms with E-state index in [1.807, 2.05) is 30.5 Å². The molecule has 3 rings (SSSR count). The van der Waals surface area contributed by atoms with Crippen molar-refractivity contribution >= 4 is 40.1 Å². The number of benzene rings is 1. The van der Waals surface area contributed by atoms with Gasteiger partial charge in [-0.3, -0.25) is 9.48 Å². The number of amides is 1. The number of rotatable bonds is 6. The Balaban J connectivity index is 1.51. The van der Waals surface area contributed by atoms with Crippen molar-refractivity contribution in [2.24, 2.45) is 0 Å². The van der Waals surface area contributed by atoms with E-state index in [0.29, 0.717) is 30.4 Å². The van der Waals surface area contributed by atoms with E-state index >= 15 is 0 Å². The first-order chi connectivity index (χ1) is 11.6. The Morgan fingerprint density at radius 2 is 2.12 bits per heavy atom. The zero-order valence-corrected chi connectivity index (χ0v) is 15.4. The molecule has 0 saturated heterocycles. The summed E-state index contributed by atoms with van der Waals surface area (Å²) in [6.45, 7) is 0.820. The van der Waals surface area contributed by atoms with Crippen molar-refractivity contribution in [3.8, 4) is 0 Å². The maximum Gasteiger partial charge on any atom is 0.316 e. The first-order valence-electron chi connectivity index (χ1n) is 7.13. The van der Waals surface area contributed by atoms with Gasteiger partial charge >= 0.3 is 11.8 Å². The minimum atomic E-state index is -0.391. The highest BCUT2D eigenvalue weighted by Gasteiger charge is 2.15. The molecule has 1 amide bonds. The molecule has 0 atom stereocenters. The lowest BCUT2D eigenvalue weighted by Gasteiger charge is -2.02. The topological polar surface area (TPSA) is 85.8 Å². The van der Waals surface area contributed by atoms with Crippen molar-refractivity contribution in [2.75, 3.05) is 6.54 Å². The van der Waals surface area contributed by atoms with Crippen LogP contribution in [0, 0.1) is 3.57 Å². The SMILES string of the molecule is O=C(NCCc1ccc(Cl)cc1)c1nc(Cn2cc(I)cn2)no1. The average molecular weight is 458 g/mol. The van der Waals surface area contributed by atoms with Gasteiger partial charge in [-0.05, 0) is 46.7 Å². The molecule has 3 aromatic rings. The van der Waals surface area contributed by atoms with Gasteiger partial charge in [0.25, 0.3) is 0 Å². The summed E-state index contributed by atoms with van der Waals surface area (Å²) in [6.07, 6.45) is 4.27. The molecule has 0 fully saturated rings. The van der Waals surface area contributed by atoms with Crippen molar-refractivity contribution in [1.82, 2.24) is 25.2 Å². The molecule has 0 bridgehead atoms. The van der Waals surface area contributed by atoms with E-state index in [-0.39, 0.29) is 5.89 Å². The third kappa shape index (κ3) is 4.54. The Bertz CT molecular complexity index is 831. The summed E-state index contributed by atoms with van der Waals surface area (Å²) >= 11 is 8.00. The van der Waals surface area contributed by atoms with E-state index in [4.69, 9.17) is 16.1 Å². The normalized spacial score (nSPS) is 10.8. The second-order valence-corrected chi connectivity index (χ2v) is 6.69.